The van der Waals surface area contributed by atoms with Gasteiger partial charge in [0.25, 0.3) is 11.8 Å². The van der Waals surface area contributed by atoms with Crippen LogP contribution in [0.5, 0.6) is 0 Å². The number of carbonyl (C=O) groups is 2. The largest absolute Gasteiger partial charge is 0.388 e. The van der Waals surface area contributed by atoms with Gasteiger partial charge in [0.15, 0.2) is 5.01 Å². The number of amides is 2. The predicted molar refractivity (Wildman–Crippen MR) is 129 cm³/mol. The van der Waals surface area contributed by atoms with Crippen molar-refractivity contribution in [3.05, 3.63) is 28.5 Å². The Morgan fingerprint density at radius 1 is 1.21 bits per heavy atom. The smallest absolute Gasteiger partial charge is 0.280 e. The Morgan fingerprint density at radius 3 is 2.50 bits per heavy atom. The average molecular weight is 486 g/mol. The Hall–Kier alpha value is -2.56. The third-order valence-corrected chi connectivity index (χ3v) is 7.96. The van der Waals surface area contributed by atoms with Gasteiger partial charge in [0, 0.05) is 29.9 Å². The van der Waals surface area contributed by atoms with E-state index in [2.05, 4.69) is 20.6 Å². The lowest BCUT2D eigenvalue weighted by molar-refractivity contribution is 0.0725. The number of anilines is 1. The van der Waals surface area contributed by atoms with Crippen molar-refractivity contribution in [2.45, 2.75) is 76.7 Å². The van der Waals surface area contributed by atoms with Crippen LogP contribution in [0.2, 0.25) is 0 Å². The van der Waals surface area contributed by atoms with Crippen LogP contribution in [0.4, 0.5) is 5.82 Å². The number of nitrogens with zero attached hydrogens (tertiary/aromatic N) is 3. The van der Waals surface area contributed by atoms with Crippen molar-refractivity contribution in [3.8, 4) is 10.4 Å². The molecule has 3 N–H and O–H groups in total. The number of aryl methyl sites for hydroxylation is 1. The minimum Gasteiger partial charge on any atom is -0.388 e. The Bertz CT molecular complexity index is 1080. The molecule has 3 fully saturated rings. The maximum absolute atomic E-state index is 13.7. The molecule has 182 valence electrons. The fourth-order valence-corrected chi connectivity index (χ4v) is 6.23. The molecule has 5 heterocycles. The first-order valence-electron chi connectivity index (χ1n) is 12.0. The van der Waals surface area contributed by atoms with Gasteiger partial charge < -0.3 is 25.4 Å². The maximum atomic E-state index is 13.7. The Labute approximate surface area is 202 Å². The summed E-state index contributed by atoms with van der Waals surface area (Å²) in [7, 11) is 0. The molecule has 2 aromatic rings. The van der Waals surface area contributed by atoms with E-state index in [1.807, 2.05) is 31.7 Å². The molecule has 2 bridgehead atoms. The molecule has 2 aromatic heterocycles. The highest BCUT2D eigenvalue weighted by Gasteiger charge is 2.44. The molecule has 3 aliphatic rings. The van der Waals surface area contributed by atoms with E-state index in [0.717, 1.165) is 42.6 Å². The van der Waals surface area contributed by atoms with Crippen molar-refractivity contribution >= 4 is 29.0 Å². The van der Waals surface area contributed by atoms with Crippen LogP contribution in [0.15, 0.2) is 12.3 Å². The molecule has 10 heteroatoms. The third kappa shape index (κ3) is 4.30. The number of aliphatic hydroxyl groups is 1. The lowest BCUT2D eigenvalue weighted by Crippen LogP contribution is -2.42. The standard InChI is InChI=1S/C24H31N5O4S/c1-12(2)26-19-8-13(3)16(9-25-19)21-20(24(32)29-14-4-5-15(29)7-6-14)28-23(34-21)22(31)27-17-10-33-11-18(17)30/h8-9,12,14-15,17-18,30H,4-7,10-11H2,1-3H3,(H,25,26)(H,27,31)/t14?,15?,17-,18-/m0/s1. The summed E-state index contributed by atoms with van der Waals surface area (Å²) in [5.41, 5.74) is 2.06. The summed E-state index contributed by atoms with van der Waals surface area (Å²) in [6.07, 6.45) is 5.10. The van der Waals surface area contributed by atoms with Gasteiger partial charge >= 0.3 is 0 Å². The van der Waals surface area contributed by atoms with E-state index < -0.39 is 18.1 Å². The Balaban J connectivity index is 1.50. The number of ether oxygens (including phenoxy) is 1. The quantitative estimate of drug-likeness (QED) is 0.576. The first-order chi connectivity index (χ1) is 16.3. The molecule has 2 amide bonds. The summed E-state index contributed by atoms with van der Waals surface area (Å²) in [6, 6.07) is 2.22. The second kappa shape index (κ2) is 9.24. The van der Waals surface area contributed by atoms with Gasteiger partial charge in [-0.3, -0.25) is 9.59 Å². The summed E-state index contributed by atoms with van der Waals surface area (Å²) >= 11 is 1.20. The number of carbonyl (C=O) groups excluding carboxylic acids is 2. The van der Waals surface area contributed by atoms with Crippen LogP contribution >= 0.6 is 11.3 Å². The number of aromatic nitrogens is 2. The molecule has 0 saturated carbocycles. The highest BCUT2D eigenvalue weighted by atomic mass is 32.1. The molecule has 3 aliphatic heterocycles. The SMILES string of the molecule is Cc1cc(NC(C)C)ncc1-c1sc(C(=O)N[C@H]2COC[C@@H]2O)nc1C(=O)N1C2CCC1CC2. The van der Waals surface area contributed by atoms with Gasteiger partial charge in [-0.25, -0.2) is 9.97 Å². The second-order valence-electron chi connectivity index (χ2n) is 9.74. The van der Waals surface area contributed by atoms with E-state index in [-0.39, 0.29) is 42.3 Å². The maximum Gasteiger partial charge on any atom is 0.280 e. The highest BCUT2D eigenvalue weighted by Crippen LogP contribution is 2.41. The number of hydrogen-bond donors (Lipinski definition) is 3. The van der Waals surface area contributed by atoms with Crippen molar-refractivity contribution in [1.29, 1.82) is 0 Å². The zero-order chi connectivity index (χ0) is 24.0. The number of pyridine rings is 1. The lowest BCUT2D eigenvalue weighted by atomic mass is 10.0. The highest BCUT2D eigenvalue weighted by molar-refractivity contribution is 7.17. The summed E-state index contributed by atoms with van der Waals surface area (Å²) in [4.78, 5) is 38.4. The van der Waals surface area contributed by atoms with Crippen molar-refractivity contribution in [3.63, 3.8) is 0 Å². The van der Waals surface area contributed by atoms with E-state index in [1.54, 1.807) is 6.20 Å². The summed E-state index contributed by atoms with van der Waals surface area (Å²) in [5, 5.41) is 16.3. The zero-order valence-electron chi connectivity index (χ0n) is 19.7. The number of rotatable bonds is 6. The van der Waals surface area contributed by atoms with Gasteiger partial charge in [0.2, 0.25) is 0 Å². The third-order valence-electron chi connectivity index (χ3n) is 6.87. The number of aliphatic hydroxyl groups excluding tert-OH is 1. The average Bonchev–Trinajstić information content (AvgIpc) is 3.57. The van der Waals surface area contributed by atoms with Crippen LogP contribution in [0, 0.1) is 6.92 Å². The van der Waals surface area contributed by atoms with E-state index in [9.17, 15) is 14.7 Å². The molecule has 5 rings (SSSR count). The van der Waals surface area contributed by atoms with Crippen LogP contribution in [0.1, 0.15) is 65.4 Å². The van der Waals surface area contributed by atoms with E-state index in [1.165, 1.54) is 11.3 Å². The molecule has 0 radical (unpaired) electrons. The number of thiazole rings is 1. The molecule has 2 atom stereocenters. The van der Waals surface area contributed by atoms with Crippen LogP contribution < -0.4 is 10.6 Å². The summed E-state index contributed by atoms with van der Waals surface area (Å²) in [5.74, 6) is 0.246. The molecule has 34 heavy (non-hydrogen) atoms. The van der Waals surface area contributed by atoms with E-state index in [0.29, 0.717) is 10.6 Å². The first-order valence-corrected chi connectivity index (χ1v) is 12.8. The molecule has 9 nitrogen and oxygen atoms in total. The van der Waals surface area contributed by atoms with E-state index in [4.69, 9.17) is 4.74 Å². The van der Waals surface area contributed by atoms with Crippen molar-refractivity contribution in [2.75, 3.05) is 18.5 Å². The summed E-state index contributed by atoms with van der Waals surface area (Å²) in [6.45, 7) is 6.51. The minimum atomic E-state index is -0.753. The van der Waals surface area contributed by atoms with Gasteiger partial charge in [-0.05, 0) is 58.1 Å². The van der Waals surface area contributed by atoms with Gasteiger partial charge in [0.1, 0.15) is 11.5 Å². The predicted octanol–water partition coefficient (Wildman–Crippen LogP) is 2.59. The number of hydrogen-bond acceptors (Lipinski definition) is 8. The topological polar surface area (TPSA) is 117 Å². The minimum absolute atomic E-state index is 0.108. The molecule has 3 saturated heterocycles. The number of nitrogens with one attached hydrogen (secondary N) is 2. The molecular weight excluding hydrogens is 454 g/mol. The Kier molecular flexibility index (Phi) is 6.30. The van der Waals surface area contributed by atoms with Crippen LogP contribution in [0.25, 0.3) is 10.4 Å². The van der Waals surface area contributed by atoms with Crippen molar-refractivity contribution in [2.24, 2.45) is 0 Å². The molecule has 0 aliphatic carbocycles. The lowest BCUT2D eigenvalue weighted by Gasteiger charge is -2.21. The van der Waals surface area contributed by atoms with Crippen LogP contribution in [0.3, 0.4) is 0 Å². The van der Waals surface area contributed by atoms with Crippen LogP contribution in [-0.4, -0.2) is 75.3 Å². The van der Waals surface area contributed by atoms with Gasteiger partial charge in [-0.2, -0.15) is 0 Å². The molecule has 0 spiro atoms. The molecule has 0 aromatic carbocycles. The van der Waals surface area contributed by atoms with Gasteiger partial charge in [-0.1, -0.05) is 0 Å². The van der Waals surface area contributed by atoms with E-state index >= 15 is 0 Å². The first kappa shape index (κ1) is 23.2. The van der Waals surface area contributed by atoms with Crippen LogP contribution in [-0.2, 0) is 4.74 Å². The number of fused-ring (bicyclic) bond motifs is 2. The van der Waals surface area contributed by atoms with Crippen molar-refractivity contribution < 1.29 is 19.4 Å². The fourth-order valence-electron chi connectivity index (χ4n) is 5.19. The van der Waals surface area contributed by atoms with Gasteiger partial charge in [-0.15, -0.1) is 11.3 Å². The Morgan fingerprint density at radius 2 is 1.91 bits per heavy atom. The van der Waals surface area contributed by atoms with Gasteiger partial charge in [0.05, 0.1) is 30.2 Å². The second-order valence-corrected chi connectivity index (χ2v) is 10.7. The fraction of sp³-hybridized carbons (Fsp3) is 0.583. The molecule has 0 unspecified atom stereocenters. The normalized spacial score (nSPS) is 25.9. The molecular formula is C24H31N5O4S. The zero-order valence-corrected chi connectivity index (χ0v) is 20.5. The summed E-state index contributed by atoms with van der Waals surface area (Å²) < 4.78 is 5.24. The van der Waals surface area contributed by atoms with Crippen molar-refractivity contribution in [1.82, 2.24) is 20.2 Å². The monoisotopic (exact) mass is 485 g/mol.